The first-order chi connectivity index (χ1) is 29.9. The zero-order chi connectivity index (χ0) is 43.9. The number of fused-ring (bicyclic) bond motifs is 2. The first-order valence-electron chi connectivity index (χ1n) is 20.3. The minimum absolute atomic E-state index is 0.00923. The Morgan fingerprint density at radius 2 is 1.71 bits per heavy atom. The second-order valence-corrected chi connectivity index (χ2v) is 15.2. The Morgan fingerprint density at radius 3 is 2.52 bits per heavy atom. The molecule has 1 fully saturated rings. The van der Waals surface area contributed by atoms with Gasteiger partial charge in [-0.2, -0.15) is 0 Å². The highest BCUT2D eigenvalue weighted by molar-refractivity contribution is 6.24. The molecular formula is C44H45N7O11. The molecule has 18 heteroatoms. The highest BCUT2D eigenvalue weighted by Gasteiger charge is 2.46. The Bertz CT molecular complexity index is 2450. The van der Waals surface area contributed by atoms with Gasteiger partial charge in [0.05, 0.1) is 22.7 Å². The van der Waals surface area contributed by atoms with E-state index in [2.05, 4.69) is 26.4 Å². The van der Waals surface area contributed by atoms with Gasteiger partial charge in [0.15, 0.2) is 18.1 Å². The first kappa shape index (κ1) is 42.7. The van der Waals surface area contributed by atoms with E-state index in [0.29, 0.717) is 31.4 Å². The number of aromatic hydroxyl groups is 1. The predicted molar refractivity (Wildman–Crippen MR) is 219 cm³/mol. The predicted octanol–water partition coefficient (Wildman–Crippen LogP) is 2.81. The van der Waals surface area contributed by atoms with E-state index in [-0.39, 0.29) is 89.9 Å². The van der Waals surface area contributed by atoms with Gasteiger partial charge < -0.3 is 35.2 Å². The summed E-state index contributed by atoms with van der Waals surface area (Å²) in [7, 11) is 1.55. The largest absolute Gasteiger partial charge is 0.507 e. The summed E-state index contributed by atoms with van der Waals surface area (Å²) in [6, 6.07) is 17.0. The number of ether oxygens (including phenoxy) is 1. The van der Waals surface area contributed by atoms with E-state index < -0.39 is 48.1 Å². The number of piperidine rings is 1. The summed E-state index contributed by atoms with van der Waals surface area (Å²) in [4.78, 5) is 103. The second-order valence-electron chi connectivity index (χ2n) is 15.2. The number of carbonyl (C=O) groups is 8. The van der Waals surface area contributed by atoms with E-state index in [1.807, 2.05) is 24.3 Å². The third-order valence-corrected chi connectivity index (χ3v) is 11.0. The van der Waals surface area contributed by atoms with Gasteiger partial charge in [-0.1, -0.05) is 48.0 Å². The zero-order valence-corrected chi connectivity index (χ0v) is 33.9. The fourth-order valence-electron chi connectivity index (χ4n) is 7.70. The maximum absolute atomic E-state index is 13.2. The van der Waals surface area contributed by atoms with Gasteiger partial charge in [-0.3, -0.25) is 48.6 Å². The number of hydrogen-bond acceptors (Lipinski definition) is 12. The van der Waals surface area contributed by atoms with Gasteiger partial charge in [-0.15, -0.1) is 0 Å². The molecule has 1 unspecified atom stereocenters. The topological polar surface area (TPSA) is 247 Å². The number of amides is 8. The summed E-state index contributed by atoms with van der Waals surface area (Å²) in [6.07, 6.45) is 3.68. The van der Waals surface area contributed by atoms with Gasteiger partial charge >= 0.3 is 0 Å². The van der Waals surface area contributed by atoms with Crippen molar-refractivity contribution in [3.63, 3.8) is 0 Å². The number of nitrogens with zero attached hydrogens (tertiary/aromatic N) is 3. The molecule has 18 nitrogen and oxygen atoms in total. The highest BCUT2D eigenvalue weighted by Crippen LogP contribution is 2.34. The van der Waals surface area contributed by atoms with Gasteiger partial charge in [-0.05, 0) is 67.5 Å². The number of phenolic OH excluding ortho intramolecular Hbond substituents is 1. The van der Waals surface area contributed by atoms with Crippen LogP contribution >= 0.6 is 0 Å². The molecule has 3 heterocycles. The van der Waals surface area contributed by atoms with Crippen LogP contribution in [-0.2, 0) is 25.6 Å². The smallest absolute Gasteiger partial charge is 0.273 e. The van der Waals surface area contributed by atoms with E-state index in [1.54, 1.807) is 13.1 Å². The van der Waals surface area contributed by atoms with Crippen LogP contribution in [0, 0.1) is 0 Å². The third kappa shape index (κ3) is 9.48. The van der Waals surface area contributed by atoms with Crippen LogP contribution < -0.4 is 26.0 Å². The van der Waals surface area contributed by atoms with Gasteiger partial charge in [0.25, 0.3) is 29.5 Å². The minimum Gasteiger partial charge on any atom is -0.507 e. The summed E-state index contributed by atoms with van der Waals surface area (Å²) in [5.74, 6) is -4.15. The molecule has 0 saturated carbocycles. The van der Waals surface area contributed by atoms with Gasteiger partial charge in [0.1, 0.15) is 17.5 Å². The number of phenols is 1. The molecule has 4 aromatic rings. The Hall–Kier alpha value is -7.37. The van der Waals surface area contributed by atoms with Crippen LogP contribution in [0.2, 0.25) is 0 Å². The molecule has 2 atom stereocenters. The van der Waals surface area contributed by atoms with Crippen molar-refractivity contribution in [1.29, 1.82) is 0 Å². The molecular weight excluding hydrogens is 803 g/mol. The average molecular weight is 848 g/mol. The lowest BCUT2D eigenvalue weighted by Crippen LogP contribution is -2.54. The van der Waals surface area contributed by atoms with Crippen LogP contribution in [-0.4, -0.2) is 107 Å². The fourth-order valence-corrected chi connectivity index (χ4v) is 7.70. The quantitative estimate of drug-likeness (QED) is 0.0761. The number of unbranched alkanes of at least 4 members (excludes halogenated alkanes) is 2. The lowest BCUT2D eigenvalue weighted by atomic mass is 10.0. The summed E-state index contributed by atoms with van der Waals surface area (Å²) >= 11 is 0. The number of carbonyl (C=O) groups excluding carboxylic acids is 8. The monoisotopic (exact) mass is 847 g/mol. The molecule has 1 saturated heterocycles. The Balaban J connectivity index is 0.769. The Labute approximate surface area is 355 Å². The molecule has 3 aliphatic rings. The lowest BCUT2D eigenvalue weighted by Gasteiger charge is -2.27. The van der Waals surface area contributed by atoms with E-state index in [9.17, 15) is 43.5 Å². The van der Waals surface area contributed by atoms with E-state index in [4.69, 9.17) is 9.26 Å². The van der Waals surface area contributed by atoms with Crippen LogP contribution in [0.5, 0.6) is 11.5 Å². The maximum Gasteiger partial charge on any atom is 0.273 e. The molecule has 5 N–H and O–H groups in total. The molecule has 8 amide bonds. The van der Waals surface area contributed by atoms with E-state index in [1.165, 1.54) is 46.9 Å². The van der Waals surface area contributed by atoms with Crippen LogP contribution in [0.3, 0.4) is 0 Å². The number of hydrogen-bond donors (Lipinski definition) is 5. The van der Waals surface area contributed by atoms with Gasteiger partial charge in [0.2, 0.25) is 17.7 Å². The van der Waals surface area contributed by atoms with Crippen molar-refractivity contribution in [2.24, 2.45) is 0 Å². The fraction of sp³-hybridized carbons (Fsp3) is 0.341. The molecule has 0 spiro atoms. The number of imide groups is 2. The van der Waals surface area contributed by atoms with Crippen LogP contribution in [0.25, 0.3) is 11.3 Å². The molecule has 7 rings (SSSR count). The number of nitrogens with one attached hydrogen (secondary N) is 4. The number of rotatable bonds is 17. The highest BCUT2D eigenvalue weighted by atomic mass is 16.5. The molecule has 62 heavy (non-hydrogen) atoms. The van der Waals surface area contributed by atoms with Gasteiger partial charge in [-0.25, -0.2) is 0 Å². The molecule has 3 aromatic carbocycles. The molecule has 1 aromatic heterocycles. The van der Waals surface area contributed by atoms with Crippen LogP contribution in [0.15, 0.2) is 71.3 Å². The van der Waals surface area contributed by atoms with Crippen molar-refractivity contribution >= 4 is 47.3 Å². The summed E-state index contributed by atoms with van der Waals surface area (Å²) in [6.45, 7) is 0.248. The molecule has 322 valence electrons. The lowest BCUT2D eigenvalue weighted by molar-refractivity contribution is -0.136. The van der Waals surface area contributed by atoms with Crippen molar-refractivity contribution in [2.75, 3.05) is 33.3 Å². The van der Waals surface area contributed by atoms with Crippen LogP contribution in [0.1, 0.15) is 104 Å². The Kier molecular flexibility index (Phi) is 13.0. The van der Waals surface area contributed by atoms with Crippen molar-refractivity contribution in [3.05, 3.63) is 100 Å². The van der Waals surface area contributed by atoms with Crippen molar-refractivity contribution in [3.8, 4) is 22.8 Å². The standard InChI is InChI=1S/C44H45N7O11/c1-50(42(58)28-15-13-26(22-33(28)52)35-23-31(49-62-35)40(56)47-30-16-14-25-8-4-5-9-27(25)30)21-20-46-36(53)12-3-2-6-19-45-38(55)24-61-34-11-7-10-29-39(34)44(60)51(43(29)59)32-17-18-37(54)48-41(32)57/h4-5,7-11,13,15,22-23,30,32,52H,2-3,6,12,14,16-21,24H2,1H3,(H,45,55)(H,46,53)(H,47,56)(H,48,54,57)/t30-,32?/m1/s1. The number of aromatic nitrogens is 1. The zero-order valence-electron chi connectivity index (χ0n) is 33.9. The number of likely N-dealkylation sites (N-methyl/N-ethyl adjacent to an activating group) is 1. The van der Waals surface area contributed by atoms with Crippen molar-refractivity contribution in [1.82, 2.24) is 36.2 Å². The minimum atomic E-state index is -1.12. The normalized spacial score (nSPS) is 16.6. The first-order valence-corrected chi connectivity index (χ1v) is 20.3. The van der Waals surface area contributed by atoms with Crippen molar-refractivity contribution < 1.29 is 52.7 Å². The third-order valence-electron chi connectivity index (χ3n) is 11.0. The van der Waals surface area contributed by atoms with E-state index in [0.717, 1.165) is 23.3 Å². The molecule has 2 aliphatic heterocycles. The van der Waals surface area contributed by atoms with Gasteiger partial charge in [0, 0.05) is 51.2 Å². The summed E-state index contributed by atoms with van der Waals surface area (Å²) in [5, 5.41) is 25.3. The maximum atomic E-state index is 13.2. The average Bonchev–Trinajstić information content (AvgIpc) is 3.98. The SMILES string of the molecule is CN(CCNC(=O)CCCCCNC(=O)COc1cccc2c1C(=O)N(C1CCC(=O)NC1=O)C2=O)C(=O)c1ccc(-c2cc(C(=O)N[C@@H]3CCc4ccccc43)no2)cc1O. The summed E-state index contributed by atoms with van der Waals surface area (Å²) < 4.78 is 11.0. The van der Waals surface area contributed by atoms with Crippen LogP contribution in [0.4, 0.5) is 0 Å². The molecule has 0 radical (unpaired) electrons. The summed E-state index contributed by atoms with van der Waals surface area (Å²) in [5.41, 5.74) is 2.85. The van der Waals surface area contributed by atoms with E-state index >= 15 is 0 Å². The van der Waals surface area contributed by atoms with Crippen molar-refractivity contribution in [2.45, 2.75) is 63.5 Å². The molecule has 1 aliphatic carbocycles. The Morgan fingerprint density at radius 1 is 0.903 bits per heavy atom. The number of aryl methyl sites for hydroxylation is 1. The number of benzene rings is 3. The second kappa shape index (κ2) is 18.9. The molecule has 0 bridgehead atoms.